The third-order valence-corrected chi connectivity index (χ3v) is 3.09. The smallest absolute Gasteiger partial charge is 0.246 e. The van der Waals surface area contributed by atoms with E-state index in [1.807, 2.05) is 54.3 Å². The number of rotatable bonds is 3. The van der Waals surface area contributed by atoms with Gasteiger partial charge in [0, 0.05) is 12.6 Å². The van der Waals surface area contributed by atoms with Crippen molar-refractivity contribution in [2.75, 3.05) is 19.7 Å². The number of benzene rings is 1. The molecule has 19 heavy (non-hydrogen) atoms. The van der Waals surface area contributed by atoms with E-state index >= 15 is 0 Å². The first-order valence-electron chi connectivity index (χ1n) is 6.56. The summed E-state index contributed by atoms with van der Waals surface area (Å²) in [5, 5.41) is 0. The number of allylic oxidation sites excluding steroid dienone is 3. The van der Waals surface area contributed by atoms with Crippen LogP contribution in [0.4, 0.5) is 0 Å². The first kappa shape index (κ1) is 13.6. The molecule has 0 saturated carbocycles. The van der Waals surface area contributed by atoms with Crippen LogP contribution in [0.25, 0.3) is 0 Å². The van der Waals surface area contributed by atoms with E-state index < -0.39 is 0 Å². The van der Waals surface area contributed by atoms with Crippen LogP contribution in [0.15, 0.2) is 54.6 Å². The zero-order chi connectivity index (χ0) is 13.5. The number of hydrogen-bond acceptors (Lipinski definition) is 2. The lowest BCUT2D eigenvalue weighted by Crippen LogP contribution is -2.41. The van der Waals surface area contributed by atoms with Crippen molar-refractivity contribution in [3.63, 3.8) is 0 Å². The molecule has 0 bridgehead atoms. The Balaban J connectivity index is 1.99. The first-order chi connectivity index (χ1) is 9.31. The number of nitrogens with zero attached hydrogens (tertiary/aromatic N) is 1. The number of ether oxygens (including phenoxy) is 1. The van der Waals surface area contributed by atoms with Gasteiger partial charge in [-0.05, 0) is 12.5 Å². The van der Waals surface area contributed by atoms with Gasteiger partial charge in [-0.2, -0.15) is 0 Å². The second-order valence-electron chi connectivity index (χ2n) is 4.44. The van der Waals surface area contributed by atoms with Crippen molar-refractivity contribution >= 4 is 5.91 Å². The molecule has 100 valence electrons. The monoisotopic (exact) mass is 257 g/mol. The number of amides is 1. The molecule has 0 N–H and O–H groups in total. The second kappa shape index (κ2) is 6.90. The summed E-state index contributed by atoms with van der Waals surface area (Å²) >= 11 is 0. The van der Waals surface area contributed by atoms with Crippen LogP contribution < -0.4 is 0 Å². The quantitative estimate of drug-likeness (QED) is 0.615. The van der Waals surface area contributed by atoms with Crippen LogP contribution in [-0.4, -0.2) is 30.5 Å². The molecule has 0 aromatic heterocycles. The number of morpholine rings is 1. The minimum Gasteiger partial charge on any atom is -0.370 e. The molecule has 3 nitrogen and oxygen atoms in total. The summed E-state index contributed by atoms with van der Waals surface area (Å²) in [6.07, 6.45) is 7.11. The highest BCUT2D eigenvalue weighted by Crippen LogP contribution is 2.21. The average molecular weight is 257 g/mol. The van der Waals surface area contributed by atoms with Crippen molar-refractivity contribution in [1.82, 2.24) is 4.90 Å². The molecule has 0 spiro atoms. The van der Waals surface area contributed by atoms with E-state index in [9.17, 15) is 4.79 Å². The Morgan fingerprint density at radius 3 is 2.84 bits per heavy atom. The molecule has 2 rings (SSSR count). The Bertz CT molecular complexity index is 465. The fourth-order valence-corrected chi connectivity index (χ4v) is 2.07. The van der Waals surface area contributed by atoms with Gasteiger partial charge >= 0.3 is 0 Å². The van der Waals surface area contributed by atoms with Gasteiger partial charge in [-0.1, -0.05) is 48.6 Å². The molecule has 1 aliphatic heterocycles. The predicted molar refractivity (Wildman–Crippen MR) is 75.7 cm³/mol. The summed E-state index contributed by atoms with van der Waals surface area (Å²) in [6.45, 7) is 3.78. The van der Waals surface area contributed by atoms with Crippen LogP contribution in [0.1, 0.15) is 18.6 Å². The Labute approximate surface area is 114 Å². The maximum Gasteiger partial charge on any atom is 0.246 e. The van der Waals surface area contributed by atoms with Gasteiger partial charge in [0.15, 0.2) is 0 Å². The summed E-state index contributed by atoms with van der Waals surface area (Å²) in [4.78, 5) is 13.8. The molecule has 0 radical (unpaired) electrons. The lowest BCUT2D eigenvalue weighted by Gasteiger charge is -2.32. The Morgan fingerprint density at radius 2 is 2.11 bits per heavy atom. The molecule has 1 aromatic rings. The van der Waals surface area contributed by atoms with Crippen molar-refractivity contribution in [3.8, 4) is 0 Å². The Morgan fingerprint density at radius 1 is 1.32 bits per heavy atom. The summed E-state index contributed by atoms with van der Waals surface area (Å²) < 4.78 is 5.74. The summed E-state index contributed by atoms with van der Waals surface area (Å²) in [7, 11) is 0. The van der Waals surface area contributed by atoms with Crippen molar-refractivity contribution in [1.29, 1.82) is 0 Å². The van der Waals surface area contributed by atoms with Crippen LogP contribution >= 0.6 is 0 Å². The molecule has 1 aromatic carbocycles. The Kier molecular flexibility index (Phi) is 4.93. The van der Waals surface area contributed by atoms with Gasteiger partial charge in [-0.3, -0.25) is 4.79 Å². The van der Waals surface area contributed by atoms with E-state index in [1.165, 1.54) is 0 Å². The SMILES string of the molecule is C/C=C/C=C/C(=O)N1CCOC(c2ccccc2)C1. The summed E-state index contributed by atoms with van der Waals surface area (Å²) in [6, 6.07) is 10.0. The van der Waals surface area contributed by atoms with Gasteiger partial charge in [0.05, 0.1) is 13.2 Å². The average Bonchev–Trinajstić information content (AvgIpc) is 2.48. The molecular weight excluding hydrogens is 238 g/mol. The van der Waals surface area contributed by atoms with Gasteiger partial charge in [-0.25, -0.2) is 0 Å². The van der Waals surface area contributed by atoms with E-state index in [-0.39, 0.29) is 12.0 Å². The highest BCUT2D eigenvalue weighted by molar-refractivity contribution is 5.88. The van der Waals surface area contributed by atoms with E-state index in [1.54, 1.807) is 12.2 Å². The zero-order valence-corrected chi connectivity index (χ0v) is 11.2. The molecule has 0 aliphatic carbocycles. The third kappa shape index (κ3) is 3.80. The largest absolute Gasteiger partial charge is 0.370 e. The predicted octanol–water partition coefficient (Wildman–Crippen LogP) is 2.72. The lowest BCUT2D eigenvalue weighted by atomic mass is 10.1. The molecule has 1 fully saturated rings. The van der Waals surface area contributed by atoms with Gasteiger partial charge in [-0.15, -0.1) is 0 Å². The first-order valence-corrected chi connectivity index (χ1v) is 6.56. The maximum atomic E-state index is 12.0. The highest BCUT2D eigenvalue weighted by atomic mass is 16.5. The van der Waals surface area contributed by atoms with Crippen molar-refractivity contribution in [2.24, 2.45) is 0 Å². The van der Waals surface area contributed by atoms with E-state index in [2.05, 4.69) is 0 Å². The number of hydrogen-bond donors (Lipinski definition) is 0. The number of carbonyl (C=O) groups excluding carboxylic acids is 1. The van der Waals surface area contributed by atoms with Crippen LogP contribution in [-0.2, 0) is 9.53 Å². The van der Waals surface area contributed by atoms with Crippen molar-refractivity contribution < 1.29 is 9.53 Å². The Hall–Kier alpha value is -1.87. The molecular formula is C16H19NO2. The van der Waals surface area contributed by atoms with Gasteiger partial charge in [0.2, 0.25) is 5.91 Å². The van der Waals surface area contributed by atoms with Crippen molar-refractivity contribution in [3.05, 3.63) is 60.2 Å². The summed E-state index contributed by atoms with van der Waals surface area (Å²) in [5.74, 6) is 0.0438. The minimum absolute atomic E-state index is 0.0194. The van der Waals surface area contributed by atoms with E-state index in [4.69, 9.17) is 4.74 Å². The van der Waals surface area contributed by atoms with Gasteiger partial charge in [0.1, 0.15) is 6.10 Å². The molecule has 1 atom stereocenters. The molecule has 1 saturated heterocycles. The van der Waals surface area contributed by atoms with E-state index in [0.717, 1.165) is 5.56 Å². The molecule has 1 heterocycles. The van der Waals surface area contributed by atoms with Crippen LogP contribution in [0, 0.1) is 0 Å². The lowest BCUT2D eigenvalue weighted by molar-refractivity contribution is -0.133. The van der Waals surface area contributed by atoms with Crippen LogP contribution in [0.3, 0.4) is 0 Å². The maximum absolute atomic E-state index is 12.0. The van der Waals surface area contributed by atoms with Gasteiger partial charge in [0.25, 0.3) is 0 Å². The highest BCUT2D eigenvalue weighted by Gasteiger charge is 2.23. The minimum atomic E-state index is -0.0194. The summed E-state index contributed by atoms with van der Waals surface area (Å²) in [5.41, 5.74) is 1.12. The topological polar surface area (TPSA) is 29.5 Å². The van der Waals surface area contributed by atoms with Crippen molar-refractivity contribution in [2.45, 2.75) is 13.0 Å². The normalized spacial score (nSPS) is 20.3. The van der Waals surface area contributed by atoms with Crippen LogP contribution in [0.5, 0.6) is 0 Å². The van der Waals surface area contributed by atoms with Gasteiger partial charge < -0.3 is 9.64 Å². The van der Waals surface area contributed by atoms with E-state index in [0.29, 0.717) is 19.7 Å². The zero-order valence-electron chi connectivity index (χ0n) is 11.2. The number of carbonyl (C=O) groups is 1. The molecule has 1 amide bonds. The molecule has 1 unspecified atom stereocenters. The third-order valence-electron chi connectivity index (χ3n) is 3.09. The second-order valence-corrected chi connectivity index (χ2v) is 4.44. The van der Waals surface area contributed by atoms with Crippen LogP contribution in [0.2, 0.25) is 0 Å². The fourth-order valence-electron chi connectivity index (χ4n) is 2.07. The molecule has 1 aliphatic rings. The molecule has 3 heteroatoms. The standard InChI is InChI=1S/C16H19NO2/c1-2-3-5-10-16(18)17-11-12-19-15(13-17)14-8-6-4-7-9-14/h2-10,15H,11-13H2,1H3/b3-2+,10-5+. The fraction of sp³-hybridized carbons (Fsp3) is 0.312.